The molecule has 2 aromatic rings. The average molecular weight is 263 g/mol. The summed E-state index contributed by atoms with van der Waals surface area (Å²) in [5, 5.41) is 3.90. The number of ether oxygens (including phenoxy) is 2. The minimum Gasteiger partial charge on any atom is -0.493 e. The third kappa shape index (κ3) is 2.85. The summed E-state index contributed by atoms with van der Waals surface area (Å²) in [5.74, 6) is 2.05. The first-order chi connectivity index (χ1) is 9.15. The Labute approximate surface area is 111 Å². The summed E-state index contributed by atoms with van der Waals surface area (Å²) in [7, 11) is 1.59. The molecular formula is C13H17N3O3. The molecule has 0 aliphatic carbocycles. The van der Waals surface area contributed by atoms with Crippen LogP contribution in [0.15, 0.2) is 22.7 Å². The van der Waals surface area contributed by atoms with Crippen LogP contribution in [0.2, 0.25) is 0 Å². The van der Waals surface area contributed by atoms with Gasteiger partial charge in [-0.15, -0.1) is 0 Å². The lowest BCUT2D eigenvalue weighted by molar-refractivity contribution is 0.231. The van der Waals surface area contributed by atoms with E-state index < -0.39 is 0 Å². The van der Waals surface area contributed by atoms with Gasteiger partial charge in [0.1, 0.15) is 0 Å². The molecule has 102 valence electrons. The number of hydrogen-bond acceptors (Lipinski definition) is 6. The minimum absolute atomic E-state index is 0.0101. The maximum Gasteiger partial charge on any atom is 0.240 e. The summed E-state index contributed by atoms with van der Waals surface area (Å²) in [6.45, 7) is 4.09. The van der Waals surface area contributed by atoms with Crippen molar-refractivity contribution >= 4 is 0 Å². The highest BCUT2D eigenvalue weighted by molar-refractivity contribution is 5.68. The van der Waals surface area contributed by atoms with Crippen molar-refractivity contribution in [3.8, 4) is 22.9 Å². The van der Waals surface area contributed by atoms with Gasteiger partial charge in [-0.1, -0.05) is 11.2 Å². The molecule has 19 heavy (non-hydrogen) atoms. The number of hydrogen-bond donors (Lipinski definition) is 1. The summed E-state index contributed by atoms with van der Waals surface area (Å²) < 4.78 is 16.1. The summed E-state index contributed by atoms with van der Waals surface area (Å²) in [4.78, 5) is 4.20. The molecule has 0 bridgehead atoms. The van der Waals surface area contributed by atoms with Crippen LogP contribution >= 0.6 is 0 Å². The number of rotatable bonds is 5. The molecule has 0 aliphatic heterocycles. The SMILES string of the molecule is COc1cccc(-c2noc(CN)n2)c1OC(C)C. The van der Waals surface area contributed by atoms with E-state index in [1.54, 1.807) is 7.11 Å². The monoisotopic (exact) mass is 263 g/mol. The summed E-state index contributed by atoms with van der Waals surface area (Å²) in [5.41, 5.74) is 6.18. The molecule has 6 nitrogen and oxygen atoms in total. The van der Waals surface area contributed by atoms with Gasteiger partial charge in [-0.3, -0.25) is 0 Å². The van der Waals surface area contributed by atoms with Gasteiger partial charge in [-0.25, -0.2) is 0 Å². The molecule has 0 unspecified atom stereocenters. The van der Waals surface area contributed by atoms with Crippen molar-refractivity contribution in [3.63, 3.8) is 0 Å². The number of benzene rings is 1. The van der Waals surface area contributed by atoms with Crippen LogP contribution in [0.5, 0.6) is 11.5 Å². The van der Waals surface area contributed by atoms with Crippen LogP contribution in [0.3, 0.4) is 0 Å². The maximum atomic E-state index is 5.79. The predicted molar refractivity (Wildman–Crippen MR) is 69.9 cm³/mol. The van der Waals surface area contributed by atoms with Crippen molar-refractivity contribution in [1.29, 1.82) is 0 Å². The quantitative estimate of drug-likeness (QED) is 0.888. The Kier molecular flexibility index (Phi) is 4.01. The van der Waals surface area contributed by atoms with E-state index in [1.165, 1.54) is 0 Å². The van der Waals surface area contributed by atoms with Crippen LogP contribution in [0, 0.1) is 0 Å². The van der Waals surface area contributed by atoms with Gasteiger partial charge < -0.3 is 19.7 Å². The van der Waals surface area contributed by atoms with Gasteiger partial charge in [0, 0.05) is 0 Å². The lowest BCUT2D eigenvalue weighted by atomic mass is 10.1. The second-order valence-electron chi connectivity index (χ2n) is 4.22. The molecule has 0 spiro atoms. The molecule has 1 aromatic carbocycles. The van der Waals surface area contributed by atoms with Crippen LogP contribution in [0.1, 0.15) is 19.7 Å². The third-order valence-electron chi connectivity index (χ3n) is 2.44. The molecule has 0 fully saturated rings. The zero-order valence-electron chi connectivity index (χ0n) is 11.2. The molecule has 2 N–H and O–H groups in total. The van der Waals surface area contributed by atoms with Gasteiger partial charge in [0.2, 0.25) is 11.7 Å². The fraction of sp³-hybridized carbons (Fsp3) is 0.385. The number of nitrogens with zero attached hydrogens (tertiary/aromatic N) is 2. The normalized spacial score (nSPS) is 10.8. The number of aromatic nitrogens is 2. The second-order valence-corrected chi connectivity index (χ2v) is 4.22. The zero-order chi connectivity index (χ0) is 13.8. The number of methoxy groups -OCH3 is 1. The average Bonchev–Trinajstić information content (AvgIpc) is 2.87. The Morgan fingerprint density at radius 1 is 1.37 bits per heavy atom. The fourth-order valence-corrected chi connectivity index (χ4v) is 1.66. The van der Waals surface area contributed by atoms with E-state index in [1.807, 2.05) is 32.0 Å². The molecule has 6 heteroatoms. The Morgan fingerprint density at radius 3 is 2.74 bits per heavy atom. The molecule has 1 heterocycles. The van der Waals surface area contributed by atoms with E-state index in [0.717, 1.165) is 5.56 Å². The highest BCUT2D eigenvalue weighted by Crippen LogP contribution is 2.37. The Bertz CT molecular complexity index is 552. The summed E-state index contributed by atoms with van der Waals surface area (Å²) in [6, 6.07) is 5.52. The molecule has 0 aliphatic rings. The third-order valence-corrected chi connectivity index (χ3v) is 2.44. The molecule has 2 rings (SSSR count). The van der Waals surface area contributed by atoms with E-state index in [0.29, 0.717) is 23.2 Å². The second kappa shape index (κ2) is 5.71. The van der Waals surface area contributed by atoms with Crippen LogP contribution in [-0.4, -0.2) is 23.4 Å². The van der Waals surface area contributed by atoms with E-state index in [4.69, 9.17) is 19.7 Å². The first-order valence-corrected chi connectivity index (χ1v) is 6.02. The van der Waals surface area contributed by atoms with Gasteiger partial charge in [0.15, 0.2) is 11.5 Å². The molecule has 0 atom stereocenters. The molecular weight excluding hydrogens is 246 g/mol. The van der Waals surface area contributed by atoms with Gasteiger partial charge in [-0.05, 0) is 26.0 Å². The standard InChI is InChI=1S/C13H17N3O3/c1-8(2)18-12-9(5-4-6-10(12)17-3)13-15-11(7-14)19-16-13/h4-6,8H,7,14H2,1-3H3. The minimum atomic E-state index is 0.0101. The van der Waals surface area contributed by atoms with Crippen molar-refractivity contribution in [2.45, 2.75) is 26.5 Å². The van der Waals surface area contributed by atoms with Crippen LogP contribution < -0.4 is 15.2 Å². The zero-order valence-corrected chi connectivity index (χ0v) is 11.2. The Hall–Kier alpha value is -2.08. The number of para-hydroxylation sites is 1. The molecule has 0 radical (unpaired) electrons. The van der Waals surface area contributed by atoms with E-state index in [9.17, 15) is 0 Å². The highest BCUT2D eigenvalue weighted by atomic mass is 16.5. The van der Waals surface area contributed by atoms with Crippen LogP contribution in [-0.2, 0) is 6.54 Å². The van der Waals surface area contributed by atoms with Crippen molar-refractivity contribution < 1.29 is 14.0 Å². The fourth-order valence-electron chi connectivity index (χ4n) is 1.66. The van der Waals surface area contributed by atoms with Crippen LogP contribution in [0.25, 0.3) is 11.4 Å². The number of nitrogens with two attached hydrogens (primary N) is 1. The molecule has 1 aromatic heterocycles. The first kappa shape index (κ1) is 13.4. The predicted octanol–water partition coefficient (Wildman–Crippen LogP) is 1.99. The van der Waals surface area contributed by atoms with Crippen molar-refractivity contribution in [2.75, 3.05) is 7.11 Å². The lowest BCUT2D eigenvalue weighted by Crippen LogP contribution is -2.08. The van der Waals surface area contributed by atoms with Gasteiger partial charge in [0.05, 0.1) is 25.3 Å². The van der Waals surface area contributed by atoms with E-state index in [-0.39, 0.29) is 12.6 Å². The Balaban J connectivity index is 2.48. The molecule has 0 saturated carbocycles. The van der Waals surface area contributed by atoms with Gasteiger partial charge >= 0.3 is 0 Å². The van der Waals surface area contributed by atoms with E-state index in [2.05, 4.69) is 10.1 Å². The lowest BCUT2D eigenvalue weighted by Gasteiger charge is -2.15. The smallest absolute Gasteiger partial charge is 0.240 e. The Morgan fingerprint density at radius 2 is 2.16 bits per heavy atom. The van der Waals surface area contributed by atoms with Gasteiger partial charge in [-0.2, -0.15) is 4.98 Å². The van der Waals surface area contributed by atoms with Crippen molar-refractivity contribution in [3.05, 3.63) is 24.1 Å². The molecule has 0 amide bonds. The first-order valence-electron chi connectivity index (χ1n) is 6.02. The topological polar surface area (TPSA) is 83.4 Å². The van der Waals surface area contributed by atoms with E-state index >= 15 is 0 Å². The molecule has 0 saturated heterocycles. The van der Waals surface area contributed by atoms with Gasteiger partial charge in [0.25, 0.3) is 0 Å². The summed E-state index contributed by atoms with van der Waals surface area (Å²) in [6.07, 6.45) is 0.0101. The van der Waals surface area contributed by atoms with Crippen LogP contribution in [0.4, 0.5) is 0 Å². The highest BCUT2D eigenvalue weighted by Gasteiger charge is 2.18. The maximum absolute atomic E-state index is 5.79. The largest absolute Gasteiger partial charge is 0.493 e. The van der Waals surface area contributed by atoms with Crippen molar-refractivity contribution in [2.24, 2.45) is 5.73 Å². The summed E-state index contributed by atoms with van der Waals surface area (Å²) >= 11 is 0. The van der Waals surface area contributed by atoms with Crippen molar-refractivity contribution in [1.82, 2.24) is 10.1 Å².